The first-order chi connectivity index (χ1) is 13.4. The molecule has 4 aromatic rings. The highest BCUT2D eigenvalue weighted by atomic mass is 79.9. The zero-order valence-corrected chi connectivity index (χ0v) is 16.7. The van der Waals surface area contributed by atoms with Crippen LogP contribution in [-0.4, -0.2) is 44.3 Å². The van der Waals surface area contributed by atoms with Gasteiger partial charge in [0.2, 0.25) is 11.7 Å². The normalized spacial score (nSPS) is 12.4. The fourth-order valence-corrected chi connectivity index (χ4v) is 3.66. The first-order valence-electron chi connectivity index (χ1n) is 8.44. The van der Waals surface area contributed by atoms with Crippen LogP contribution >= 0.6 is 15.9 Å². The molecule has 2 aromatic heterocycles. The van der Waals surface area contributed by atoms with Crippen LogP contribution in [0.4, 0.5) is 5.95 Å². The summed E-state index contributed by atoms with van der Waals surface area (Å²) < 4.78 is 3.60. The van der Waals surface area contributed by atoms with Crippen molar-refractivity contribution in [3.63, 3.8) is 0 Å². The molecular weight excluding hydrogens is 426 g/mol. The highest BCUT2D eigenvalue weighted by molar-refractivity contribution is 9.10. The van der Waals surface area contributed by atoms with Gasteiger partial charge in [0.25, 0.3) is 5.56 Å². The summed E-state index contributed by atoms with van der Waals surface area (Å²) in [5.74, 6) is -0.494. The van der Waals surface area contributed by atoms with Gasteiger partial charge < -0.3 is 10.0 Å². The Labute approximate surface area is 167 Å². The Hall–Kier alpha value is -3.20. The van der Waals surface area contributed by atoms with E-state index >= 15 is 0 Å². The zero-order chi connectivity index (χ0) is 20.0. The molecule has 2 aromatic carbocycles. The third kappa shape index (κ3) is 2.75. The van der Waals surface area contributed by atoms with E-state index in [1.165, 1.54) is 4.57 Å². The summed E-state index contributed by atoms with van der Waals surface area (Å²) >= 11 is 3.39. The Morgan fingerprint density at radius 2 is 1.86 bits per heavy atom. The van der Waals surface area contributed by atoms with Crippen molar-refractivity contribution in [2.24, 2.45) is 0 Å². The molecule has 142 valence electrons. The molecule has 1 unspecified atom stereocenters. The van der Waals surface area contributed by atoms with Crippen molar-refractivity contribution < 1.29 is 9.90 Å². The van der Waals surface area contributed by atoms with Crippen molar-refractivity contribution in [3.8, 4) is 0 Å². The number of hydrogen-bond donors (Lipinski definition) is 1. The van der Waals surface area contributed by atoms with Crippen LogP contribution in [0.25, 0.3) is 16.7 Å². The number of nitrogens with zero attached hydrogens (tertiary/aromatic N) is 5. The minimum atomic E-state index is -1.24. The maximum Gasteiger partial charge on any atom is 0.331 e. The molecule has 8 nitrogen and oxygen atoms in total. The number of halogens is 1. The molecule has 4 rings (SSSR count). The lowest BCUT2D eigenvalue weighted by Crippen LogP contribution is -2.32. The lowest BCUT2D eigenvalue weighted by molar-refractivity contribution is -0.139. The molecule has 0 saturated carbocycles. The molecule has 0 aliphatic carbocycles. The number of fused-ring (bicyclic) bond motifs is 3. The summed E-state index contributed by atoms with van der Waals surface area (Å²) in [6.45, 7) is 0. The number of carbonyl (C=O) groups is 1. The highest BCUT2D eigenvalue weighted by Crippen LogP contribution is 2.26. The van der Waals surface area contributed by atoms with Crippen molar-refractivity contribution >= 4 is 44.5 Å². The standard InChI is InChI=1S/C19H16BrN5O3/c1-23(2)18-21-22-19-24(18)14-9-8-12(20)10-13(14)16(26)25(19)15(17(27)28)11-6-4-3-5-7-11/h3-10,15H,1-2H3,(H,27,28). The number of aromatic nitrogens is 4. The fourth-order valence-electron chi connectivity index (χ4n) is 3.29. The van der Waals surface area contributed by atoms with Gasteiger partial charge in [-0.2, -0.15) is 0 Å². The van der Waals surface area contributed by atoms with Crippen molar-refractivity contribution in [1.29, 1.82) is 0 Å². The monoisotopic (exact) mass is 441 g/mol. The summed E-state index contributed by atoms with van der Waals surface area (Å²) in [7, 11) is 3.62. The number of hydrogen-bond acceptors (Lipinski definition) is 5. The molecule has 1 atom stereocenters. The number of carboxylic acids is 1. The largest absolute Gasteiger partial charge is 0.479 e. The van der Waals surface area contributed by atoms with E-state index < -0.39 is 17.6 Å². The molecule has 0 bridgehead atoms. The molecule has 2 heterocycles. The van der Waals surface area contributed by atoms with Gasteiger partial charge in [0.05, 0.1) is 10.9 Å². The predicted octanol–water partition coefficient (Wildman–Crippen LogP) is 2.55. The van der Waals surface area contributed by atoms with Crippen molar-refractivity contribution in [3.05, 3.63) is 68.9 Å². The van der Waals surface area contributed by atoms with Gasteiger partial charge in [0, 0.05) is 18.6 Å². The van der Waals surface area contributed by atoms with E-state index in [4.69, 9.17) is 0 Å². The summed E-state index contributed by atoms with van der Waals surface area (Å²) in [5.41, 5.74) is 0.630. The first-order valence-corrected chi connectivity index (χ1v) is 9.23. The maximum atomic E-state index is 13.4. The van der Waals surface area contributed by atoms with E-state index in [2.05, 4.69) is 26.1 Å². The topological polar surface area (TPSA) is 92.7 Å². The van der Waals surface area contributed by atoms with Crippen LogP contribution in [0.2, 0.25) is 0 Å². The Kier molecular flexibility index (Phi) is 4.38. The second kappa shape index (κ2) is 6.75. The Morgan fingerprint density at radius 1 is 1.14 bits per heavy atom. The summed E-state index contributed by atoms with van der Waals surface area (Å²) in [6, 6.07) is 12.7. The molecule has 0 aliphatic heterocycles. The third-order valence-electron chi connectivity index (χ3n) is 4.50. The minimum absolute atomic E-state index is 0.166. The lowest BCUT2D eigenvalue weighted by atomic mass is 10.1. The molecule has 9 heteroatoms. The van der Waals surface area contributed by atoms with E-state index in [-0.39, 0.29) is 5.78 Å². The average molecular weight is 442 g/mol. The number of rotatable bonds is 4. The van der Waals surface area contributed by atoms with Crippen molar-refractivity contribution in [2.75, 3.05) is 19.0 Å². The van der Waals surface area contributed by atoms with Gasteiger partial charge in [-0.05, 0) is 23.8 Å². The van der Waals surface area contributed by atoms with Gasteiger partial charge in [-0.15, -0.1) is 10.2 Å². The fraction of sp³-hybridized carbons (Fsp3) is 0.158. The van der Waals surface area contributed by atoms with Gasteiger partial charge in [0.1, 0.15) is 0 Å². The molecule has 0 aliphatic rings. The average Bonchev–Trinajstić information content (AvgIpc) is 3.10. The molecule has 0 fully saturated rings. The lowest BCUT2D eigenvalue weighted by Gasteiger charge is -2.19. The predicted molar refractivity (Wildman–Crippen MR) is 109 cm³/mol. The van der Waals surface area contributed by atoms with Crippen molar-refractivity contribution in [2.45, 2.75) is 6.04 Å². The molecule has 0 radical (unpaired) electrons. The van der Waals surface area contributed by atoms with E-state index in [9.17, 15) is 14.7 Å². The zero-order valence-electron chi connectivity index (χ0n) is 15.1. The van der Waals surface area contributed by atoms with E-state index in [0.717, 1.165) is 0 Å². The molecular formula is C19H16BrN5O3. The van der Waals surface area contributed by atoms with Gasteiger partial charge in [-0.3, -0.25) is 9.36 Å². The SMILES string of the molecule is CN(C)c1nnc2n(C(C(=O)O)c3ccccc3)c(=O)c3cc(Br)ccc3n12. The van der Waals surface area contributed by atoms with Crippen LogP contribution in [-0.2, 0) is 4.79 Å². The van der Waals surface area contributed by atoms with Crippen LogP contribution in [0.5, 0.6) is 0 Å². The molecule has 28 heavy (non-hydrogen) atoms. The first kappa shape index (κ1) is 18.2. The van der Waals surface area contributed by atoms with E-state index in [0.29, 0.717) is 26.9 Å². The van der Waals surface area contributed by atoms with E-state index in [1.807, 2.05) is 20.2 Å². The van der Waals surface area contributed by atoms with Crippen molar-refractivity contribution in [1.82, 2.24) is 19.2 Å². The van der Waals surface area contributed by atoms with Crippen LogP contribution in [0.1, 0.15) is 11.6 Å². The van der Waals surface area contributed by atoms with Gasteiger partial charge in [0.15, 0.2) is 6.04 Å². The maximum absolute atomic E-state index is 13.4. The van der Waals surface area contributed by atoms with Gasteiger partial charge in [-0.25, -0.2) is 9.20 Å². The third-order valence-corrected chi connectivity index (χ3v) is 4.99. The molecule has 1 N–H and O–H groups in total. The highest BCUT2D eigenvalue weighted by Gasteiger charge is 2.28. The number of anilines is 1. The quantitative estimate of drug-likeness (QED) is 0.522. The second-order valence-corrected chi connectivity index (χ2v) is 7.43. The van der Waals surface area contributed by atoms with Gasteiger partial charge in [-0.1, -0.05) is 46.3 Å². The Bertz CT molecular complexity index is 1260. The number of carboxylic acid groups (broad SMARTS) is 1. The Morgan fingerprint density at radius 3 is 2.50 bits per heavy atom. The van der Waals surface area contributed by atoms with E-state index in [1.54, 1.807) is 51.8 Å². The molecule has 0 saturated heterocycles. The van der Waals surface area contributed by atoms with Crippen LogP contribution in [0.15, 0.2) is 57.8 Å². The summed E-state index contributed by atoms with van der Waals surface area (Å²) in [4.78, 5) is 27.3. The van der Waals surface area contributed by atoms with Crippen LogP contribution < -0.4 is 10.5 Å². The molecule has 0 amide bonds. The molecule has 0 spiro atoms. The summed E-state index contributed by atoms with van der Waals surface area (Å²) in [5, 5.41) is 18.7. The number of benzene rings is 2. The minimum Gasteiger partial charge on any atom is -0.479 e. The Balaban J connectivity index is 2.20. The van der Waals surface area contributed by atoms with Crippen LogP contribution in [0, 0.1) is 0 Å². The van der Waals surface area contributed by atoms with Gasteiger partial charge >= 0.3 is 5.97 Å². The number of aliphatic carboxylic acids is 1. The summed E-state index contributed by atoms with van der Waals surface area (Å²) in [6.07, 6.45) is 0. The second-order valence-electron chi connectivity index (χ2n) is 6.52. The smallest absolute Gasteiger partial charge is 0.331 e. The van der Waals surface area contributed by atoms with Crippen LogP contribution in [0.3, 0.4) is 0 Å².